The maximum atomic E-state index is 13.0. The number of amides is 1. The quantitative estimate of drug-likeness (QED) is 0.544. The van der Waals surface area contributed by atoms with Gasteiger partial charge in [0, 0.05) is 53.4 Å². The highest BCUT2D eigenvalue weighted by Gasteiger charge is 2.32. The Labute approximate surface area is 202 Å². The first-order valence-electron chi connectivity index (χ1n) is 10.5. The van der Waals surface area contributed by atoms with Crippen molar-refractivity contribution in [1.82, 2.24) is 15.0 Å². The minimum absolute atomic E-state index is 0.340. The third-order valence-corrected chi connectivity index (χ3v) is 5.82. The van der Waals surface area contributed by atoms with Crippen molar-refractivity contribution in [2.75, 3.05) is 35.7 Å². The minimum Gasteiger partial charge on any atom is -0.357 e. The van der Waals surface area contributed by atoms with Crippen LogP contribution in [0.4, 0.5) is 30.6 Å². The maximum Gasteiger partial charge on any atom is 0.416 e. The monoisotopic (exact) mass is 499 g/mol. The highest BCUT2D eigenvalue weighted by Crippen LogP contribution is 2.38. The fraction of sp³-hybridized carbons (Fsp3) is 0.174. The Morgan fingerprint density at radius 3 is 2.77 bits per heavy atom. The molecule has 0 radical (unpaired) electrons. The van der Waals surface area contributed by atoms with Gasteiger partial charge in [0.05, 0.1) is 12.1 Å². The van der Waals surface area contributed by atoms with Gasteiger partial charge >= 0.3 is 6.18 Å². The Hall–Kier alpha value is -3.99. The molecule has 178 valence electrons. The number of nitrogens with zero attached hydrogens (tertiary/aromatic N) is 5. The highest BCUT2D eigenvalue weighted by molar-refractivity contribution is 6.40. The molecule has 0 unspecified atom stereocenters. The molecule has 0 aliphatic carbocycles. The van der Waals surface area contributed by atoms with Crippen LogP contribution in [0.25, 0.3) is 11.6 Å². The molecule has 2 N–H and O–H groups in total. The summed E-state index contributed by atoms with van der Waals surface area (Å²) in [6.45, 7) is 1.20. The zero-order chi connectivity index (χ0) is 24.7. The fourth-order valence-corrected chi connectivity index (χ4v) is 4.08. The second-order valence-electron chi connectivity index (χ2n) is 7.71. The van der Waals surface area contributed by atoms with Crippen molar-refractivity contribution in [3.8, 4) is 0 Å². The number of aromatic nitrogens is 3. The molecule has 4 heterocycles. The predicted octanol–water partition coefficient (Wildman–Crippen LogP) is 4.61. The average molecular weight is 500 g/mol. The number of hydrogen-bond acceptors (Lipinski definition) is 7. The molecule has 12 heteroatoms. The number of amidine groups is 1. The average Bonchev–Trinajstić information content (AvgIpc) is 3.34. The van der Waals surface area contributed by atoms with E-state index in [1.807, 2.05) is 11.0 Å². The topological polar surface area (TPSA) is 95.4 Å². The van der Waals surface area contributed by atoms with Crippen molar-refractivity contribution in [3.05, 3.63) is 70.1 Å². The van der Waals surface area contributed by atoms with Crippen LogP contribution in [0.5, 0.6) is 0 Å². The summed E-state index contributed by atoms with van der Waals surface area (Å²) in [5, 5.41) is 5.93. The number of aliphatic imine (C=N–C) groups is 1. The fourth-order valence-electron chi connectivity index (χ4n) is 3.86. The van der Waals surface area contributed by atoms with E-state index in [1.54, 1.807) is 31.4 Å². The molecule has 0 spiro atoms. The predicted molar refractivity (Wildman–Crippen MR) is 128 cm³/mol. The summed E-state index contributed by atoms with van der Waals surface area (Å²) in [7, 11) is 1.74. The molecule has 0 saturated heterocycles. The normalized spacial score (nSPS) is 14.6. The van der Waals surface area contributed by atoms with Crippen LogP contribution in [0.15, 0.2) is 47.7 Å². The van der Waals surface area contributed by atoms with Crippen molar-refractivity contribution < 1.29 is 18.0 Å². The van der Waals surface area contributed by atoms with Gasteiger partial charge in [0.2, 0.25) is 5.95 Å². The largest absolute Gasteiger partial charge is 0.416 e. The summed E-state index contributed by atoms with van der Waals surface area (Å²) >= 11 is 6.51. The summed E-state index contributed by atoms with van der Waals surface area (Å²) < 4.78 is 39.0. The zero-order valence-electron chi connectivity index (χ0n) is 18.2. The number of nitrogens with one attached hydrogen (secondary N) is 2. The lowest BCUT2D eigenvalue weighted by Gasteiger charge is -2.28. The van der Waals surface area contributed by atoms with E-state index in [2.05, 4.69) is 30.6 Å². The minimum atomic E-state index is -4.58. The molecule has 2 aliphatic rings. The van der Waals surface area contributed by atoms with E-state index >= 15 is 0 Å². The SMILES string of the molecule is CNc1ncc2c(n1)N1CCN=C1C(c1cc(NC(=O)c3cc(C(F)(F)F)ccn3)ccc1Cl)=C2. The summed E-state index contributed by atoms with van der Waals surface area (Å²) in [5.41, 5.74) is 1.12. The Morgan fingerprint density at radius 2 is 2.00 bits per heavy atom. The number of rotatable bonds is 4. The third-order valence-electron chi connectivity index (χ3n) is 5.49. The molecule has 35 heavy (non-hydrogen) atoms. The standard InChI is InChI=1S/C23H17ClF3N7O/c1-28-22-31-11-12-8-16(20-30-6-7-34(20)19(12)33-22)15-10-14(2-3-17(15)24)32-21(35)18-9-13(4-5-29-18)23(25,26)27/h2-5,8-11H,6-7H2,1H3,(H,32,35)(H,28,31,33). The number of fused-ring (bicyclic) bond motifs is 3. The van der Waals surface area contributed by atoms with Gasteiger partial charge in [0.25, 0.3) is 5.91 Å². The Bertz CT molecular complexity index is 1400. The smallest absolute Gasteiger partial charge is 0.357 e. The summed E-state index contributed by atoms with van der Waals surface area (Å²) in [4.78, 5) is 31.8. The number of carbonyl (C=O) groups excluding carboxylic acids is 1. The lowest BCUT2D eigenvalue weighted by molar-refractivity contribution is -0.137. The number of carbonyl (C=O) groups is 1. The van der Waals surface area contributed by atoms with Gasteiger partial charge in [-0.05, 0) is 36.4 Å². The van der Waals surface area contributed by atoms with Crippen molar-refractivity contribution in [2.45, 2.75) is 6.18 Å². The van der Waals surface area contributed by atoms with Crippen LogP contribution in [0.3, 0.4) is 0 Å². The molecule has 0 fully saturated rings. The van der Waals surface area contributed by atoms with Crippen molar-refractivity contribution in [2.24, 2.45) is 4.99 Å². The number of pyridine rings is 1. The first kappa shape index (κ1) is 22.8. The summed E-state index contributed by atoms with van der Waals surface area (Å²) in [6.07, 6.45) is -0.0664. The van der Waals surface area contributed by atoms with E-state index in [9.17, 15) is 18.0 Å². The lowest BCUT2D eigenvalue weighted by Crippen LogP contribution is -2.32. The molecular formula is C23H17ClF3N7O. The van der Waals surface area contributed by atoms with Gasteiger partial charge < -0.3 is 15.5 Å². The van der Waals surface area contributed by atoms with Crippen molar-refractivity contribution in [3.63, 3.8) is 0 Å². The molecule has 2 aliphatic heterocycles. The van der Waals surface area contributed by atoms with Gasteiger partial charge in [0.15, 0.2) is 0 Å². The van der Waals surface area contributed by atoms with Gasteiger partial charge in [0.1, 0.15) is 17.3 Å². The third kappa shape index (κ3) is 4.30. The summed E-state index contributed by atoms with van der Waals surface area (Å²) in [5.74, 6) is 1.11. The Morgan fingerprint density at radius 1 is 1.17 bits per heavy atom. The molecule has 5 rings (SSSR count). The second kappa shape index (κ2) is 8.66. The van der Waals surface area contributed by atoms with Gasteiger partial charge in [-0.2, -0.15) is 18.2 Å². The molecule has 8 nitrogen and oxygen atoms in total. The van der Waals surface area contributed by atoms with Crippen LogP contribution in [-0.2, 0) is 6.18 Å². The van der Waals surface area contributed by atoms with Crippen molar-refractivity contribution in [1.29, 1.82) is 0 Å². The van der Waals surface area contributed by atoms with Gasteiger partial charge in [-0.15, -0.1) is 0 Å². The van der Waals surface area contributed by atoms with Crippen LogP contribution in [0.2, 0.25) is 5.02 Å². The second-order valence-corrected chi connectivity index (χ2v) is 8.12. The van der Waals surface area contributed by atoms with E-state index in [4.69, 9.17) is 11.6 Å². The van der Waals surface area contributed by atoms with Crippen LogP contribution in [-0.4, -0.2) is 46.8 Å². The lowest BCUT2D eigenvalue weighted by atomic mass is 9.98. The van der Waals surface area contributed by atoms with Gasteiger partial charge in [-0.1, -0.05) is 11.6 Å². The van der Waals surface area contributed by atoms with E-state index in [1.165, 1.54) is 0 Å². The van der Waals surface area contributed by atoms with Crippen LogP contribution in [0.1, 0.15) is 27.2 Å². The molecule has 0 atom stereocenters. The Kier molecular flexibility index (Phi) is 5.64. The van der Waals surface area contributed by atoms with E-state index < -0.39 is 17.6 Å². The van der Waals surface area contributed by atoms with Gasteiger partial charge in [-0.3, -0.25) is 14.8 Å². The van der Waals surface area contributed by atoms with E-state index in [0.29, 0.717) is 52.8 Å². The molecular weight excluding hydrogens is 483 g/mol. The summed E-state index contributed by atoms with van der Waals surface area (Å²) in [6, 6.07) is 6.32. The molecule has 0 bridgehead atoms. The maximum absolute atomic E-state index is 13.0. The number of benzene rings is 1. The van der Waals surface area contributed by atoms with E-state index in [0.717, 1.165) is 23.6 Å². The molecule has 0 saturated carbocycles. The molecule has 2 aromatic heterocycles. The number of alkyl halides is 3. The highest BCUT2D eigenvalue weighted by atomic mass is 35.5. The Balaban J connectivity index is 1.49. The van der Waals surface area contributed by atoms with Crippen LogP contribution >= 0.6 is 11.6 Å². The molecule has 1 amide bonds. The first-order valence-corrected chi connectivity index (χ1v) is 10.9. The number of hydrogen-bond donors (Lipinski definition) is 2. The van der Waals surface area contributed by atoms with Crippen LogP contribution < -0.4 is 15.5 Å². The van der Waals surface area contributed by atoms with Gasteiger partial charge in [-0.25, -0.2) is 4.98 Å². The van der Waals surface area contributed by atoms with Crippen LogP contribution in [0, 0.1) is 0 Å². The first-order chi connectivity index (χ1) is 16.7. The zero-order valence-corrected chi connectivity index (χ0v) is 18.9. The molecule has 1 aromatic carbocycles. The molecule has 3 aromatic rings. The van der Waals surface area contributed by atoms with E-state index in [-0.39, 0.29) is 5.69 Å². The number of anilines is 3. The van der Waals surface area contributed by atoms with Crippen molar-refractivity contribution >= 4 is 52.4 Å². The number of halogens is 4.